The molecule has 4 atom stereocenters. The highest BCUT2D eigenvalue weighted by molar-refractivity contribution is 6.07. The lowest BCUT2D eigenvalue weighted by Crippen LogP contribution is -2.47. The zero-order valence-electron chi connectivity index (χ0n) is 29.0. The largest absolute Gasteiger partial charge is 0.490 e. The van der Waals surface area contributed by atoms with Crippen molar-refractivity contribution in [1.29, 1.82) is 0 Å². The Kier molecular flexibility index (Phi) is 12.6. The predicted octanol–water partition coefficient (Wildman–Crippen LogP) is 6.81. The smallest absolute Gasteiger partial charge is 0.323 e. The van der Waals surface area contributed by atoms with Crippen molar-refractivity contribution in [2.24, 2.45) is 5.92 Å². The van der Waals surface area contributed by atoms with E-state index in [1.165, 1.54) is 0 Å². The molecule has 260 valence electrons. The molecule has 0 spiro atoms. The number of likely N-dealkylation sites (N-methyl/N-ethyl adjacent to an activating group) is 1. The number of nitrogens with zero attached hydrogens (tertiary/aromatic N) is 3. The molecule has 3 aromatic carbocycles. The van der Waals surface area contributed by atoms with Gasteiger partial charge in [-0.05, 0) is 87.5 Å². The summed E-state index contributed by atoms with van der Waals surface area (Å²) >= 11 is 0. The highest BCUT2D eigenvalue weighted by Crippen LogP contribution is 2.29. The first-order valence-electron chi connectivity index (χ1n) is 17.2. The van der Waals surface area contributed by atoms with Crippen LogP contribution in [0.15, 0.2) is 85.2 Å². The van der Waals surface area contributed by atoms with Crippen molar-refractivity contribution in [2.45, 2.75) is 64.8 Å². The molecule has 0 saturated heterocycles. The first kappa shape index (κ1) is 35.8. The number of benzene rings is 3. The van der Waals surface area contributed by atoms with E-state index in [-0.39, 0.29) is 30.6 Å². The molecule has 0 fully saturated rings. The molecule has 0 bridgehead atoms. The molecule has 3 N–H and O–H groups in total. The summed E-state index contributed by atoms with van der Waals surface area (Å²) in [6.07, 6.45) is 5.91. The summed E-state index contributed by atoms with van der Waals surface area (Å²) in [6.45, 7) is 8.12. The van der Waals surface area contributed by atoms with Crippen molar-refractivity contribution in [2.75, 3.05) is 44.0 Å². The van der Waals surface area contributed by atoms with Crippen LogP contribution in [0.2, 0.25) is 0 Å². The minimum atomic E-state index is -0.463. The van der Waals surface area contributed by atoms with Crippen LogP contribution >= 0.6 is 0 Å². The number of fused-ring (bicyclic) bond motifs is 2. The van der Waals surface area contributed by atoms with Crippen LogP contribution in [-0.2, 0) is 11.3 Å². The van der Waals surface area contributed by atoms with E-state index in [9.17, 15) is 14.7 Å². The number of rotatable bonds is 8. The number of hydrogen-bond donors (Lipinski definition) is 3. The number of carbonyl (C=O) groups excluding carboxylic acids is 2. The van der Waals surface area contributed by atoms with Gasteiger partial charge in [0.15, 0.2) is 0 Å². The molecule has 3 amide bonds. The summed E-state index contributed by atoms with van der Waals surface area (Å²) in [7, 11) is 2.07. The van der Waals surface area contributed by atoms with E-state index in [1.54, 1.807) is 35.5 Å². The standard InChI is InChI=1S/C39H49N5O5/c1-27-23-44(28(2)26-45)38(46)34-22-32(41-39(47)42-35-14-9-12-31-11-5-6-13-33(31)35)15-16-36(34)49-29(3)10-7-8-21-48-37(27)25-43(4)24-30-17-19-40-20-18-30/h5-6,9,11-20,22,27-29,37,45H,7-8,10,21,23-26H2,1-4H3,(H2,41,42,47)/t27-,28+,29-,37+/m1/s1. The van der Waals surface area contributed by atoms with E-state index >= 15 is 0 Å². The minimum Gasteiger partial charge on any atom is -0.490 e. The van der Waals surface area contributed by atoms with Gasteiger partial charge < -0.3 is 30.1 Å². The van der Waals surface area contributed by atoms with Crippen LogP contribution in [0.3, 0.4) is 0 Å². The molecule has 49 heavy (non-hydrogen) atoms. The first-order chi connectivity index (χ1) is 23.7. The van der Waals surface area contributed by atoms with Gasteiger partial charge in [-0.3, -0.25) is 14.7 Å². The summed E-state index contributed by atoms with van der Waals surface area (Å²) in [4.78, 5) is 35.7. The van der Waals surface area contributed by atoms with Crippen molar-refractivity contribution >= 4 is 34.1 Å². The maximum atomic E-state index is 14.5. The second-order valence-electron chi connectivity index (χ2n) is 13.2. The Labute approximate surface area is 289 Å². The van der Waals surface area contributed by atoms with Crippen LogP contribution < -0.4 is 15.4 Å². The molecule has 0 saturated carbocycles. The van der Waals surface area contributed by atoms with Crippen molar-refractivity contribution in [1.82, 2.24) is 14.8 Å². The number of aliphatic hydroxyl groups excluding tert-OH is 1. The number of pyridine rings is 1. The van der Waals surface area contributed by atoms with Crippen molar-refractivity contribution in [3.05, 3.63) is 96.3 Å². The van der Waals surface area contributed by atoms with Gasteiger partial charge in [-0.15, -0.1) is 0 Å². The molecule has 1 aliphatic heterocycles. The highest BCUT2D eigenvalue weighted by atomic mass is 16.5. The van der Waals surface area contributed by atoms with Gasteiger partial charge in [0.05, 0.1) is 36.1 Å². The van der Waals surface area contributed by atoms with Crippen LogP contribution in [0.25, 0.3) is 10.8 Å². The average molecular weight is 668 g/mol. The zero-order chi connectivity index (χ0) is 34.8. The van der Waals surface area contributed by atoms with Crippen LogP contribution in [0.5, 0.6) is 5.75 Å². The summed E-state index contributed by atoms with van der Waals surface area (Å²) in [5.74, 6) is 0.119. The van der Waals surface area contributed by atoms with Gasteiger partial charge in [-0.1, -0.05) is 43.3 Å². The third kappa shape index (κ3) is 9.78. The summed E-state index contributed by atoms with van der Waals surface area (Å²) in [5, 5.41) is 18.1. The van der Waals surface area contributed by atoms with E-state index < -0.39 is 12.1 Å². The third-order valence-electron chi connectivity index (χ3n) is 9.04. The SMILES string of the molecule is C[C@@H]1CCCCO[C@@H](CN(C)Cc2ccncc2)[C@H](C)CN([C@@H](C)CO)C(=O)c2cc(NC(=O)Nc3cccc4ccccc34)ccc2O1. The van der Waals surface area contributed by atoms with Crippen molar-refractivity contribution in [3.8, 4) is 5.75 Å². The first-order valence-corrected chi connectivity index (χ1v) is 17.2. The normalized spacial score (nSPS) is 19.8. The zero-order valence-corrected chi connectivity index (χ0v) is 29.0. The van der Waals surface area contributed by atoms with Gasteiger partial charge in [0.1, 0.15) is 5.75 Å². The van der Waals surface area contributed by atoms with Crippen LogP contribution in [0.4, 0.5) is 16.2 Å². The number of amides is 3. The van der Waals surface area contributed by atoms with Gasteiger partial charge in [-0.2, -0.15) is 0 Å². The maximum Gasteiger partial charge on any atom is 0.323 e. The fraction of sp³-hybridized carbons (Fsp3) is 0.410. The molecule has 0 unspecified atom stereocenters. The highest BCUT2D eigenvalue weighted by Gasteiger charge is 2.30. The Morgan fingerprint density at radius 2 is 1.82 bits per heavy atom. The summed E-state index contributed by atoms with van der Waals surface area (Å²) < 4.78 is 12.8. The summed E-state index contributed by atoms with van der Waals surface area (Å²) in [5.41, 5.74) is 2.62. The molecule has 10 heteroatoms. The number of aliphatic hydroxyl groups is 1. The van der Waals surface area contributed by atoms with Gasteiger partial charge in [0, 0.05) is 55.6 Å². The lowest BCUT2D eigenvalue weighted by atomic mass is 10.0. The Morgan fingerprint density at radius 3 is 2.61 bits per heavy atom. The Balaban J connectivity index is 1.39. The second-order valence-corrected chi connectivity index (χ2v) is 13.2. The molecule has 0 radical (unpaired) electrons. The number of urea groups is 1. The Hall–Kier alpha value is -4.51. The number of carbonyl (C=O) groups is 2. The van der Waals surface area contributed by atoms with E-state index in [4.69, 9.17) is 9.47 Å². The molecule has 0 aliphatic carbocycles. The lowest BCUT2D eigenvalue weighted by Gasteiger charge is -2.36. The van der Waals surface area contributed by atoms with Crippen LogP contribution in [0.1, 0.15) is 56.0 Å². The number of hydrogen-bond acceptors (Lipinski definition) is 7. The molecule has 10 nitrogen and oxygen atoms in total. The van der Waals surface area contributed by atoms with E-state index in [0.29, 0.717) is 42.4 Å². The molecule has 1 aromatic heterocycles. The van der Waals surface area contributed by atoms with Gasteiger partial charge in [0.2, 0.25) is 0 Å². The fourth-order valence-corrected chi connectivity index (χ4v) is 6.25. The number of ether oxygens (including phenoxy) is 2. The van der Waals surface area contributed by atoms with Crippen LogP contribution in [-0.4, -0.2) is 83.4 Å². The predicted molar refractivity (Wildman–Crippen MR) is 194 cm³/mol. The number of aromatic nitrogens is 1. The topological polar surface area (TPSA) is 116 Å². The molecular formula is C39H49N5O5. The fourth-order valence-electron chi connectivity index (χ4n) is 6.25. The summed E-state index contributed by atoms with van der Waals surface area (Å²) in [6, 6.07) is 21.9. The minimum absolute atomic E-state index is 0.0446. The van der Waals surface area contributed by atoms with Gasteiger partial charge >= 0.3 is 6.03 Å². The van der Waals surface area contributed by atoms with E-state index in [0.717, 1.165) is 42.1 Å². The Bertz CT molecular complexity index is 1680. The molecule has 2 heterocycles. The van der Waals surface area contributed by atoms with Crippen molar-refractivity contribution < 1.29 is 24.2 Å². The van der Waals surface area contributed by atoms with Crippen molar-refractivity contribution in [3.63, 3.8) is 0 Å². The van der Waals surface area contributed by atoms with E-state index in [1.807, 2.05) is 68.4 Å². The molecule has 1 aliphatic rings. The van der Waals surface area contributed by atoms with Crippen LogP contribution in [0, 0.1) is 5.92 Å². The average Bonchev–Trinajstić information content (AvgIpc) is 3.10. The third-order valence-corrected chi connectivity index (χ3v) is 9.04. The van der Waals surface area contributed by atoms with E-state index in [2.05, 4.69) is 34.5 Å². The second kappa shape index (κ2) is 17.2. The maximum absolute atomic E-state index is 14.5. The van der Waals surface area contributed by atoms with Gasteiger partial charge in [-0.25, -0.2) is 4.79 Å². The monoisotopic (exact) mass is 667 g/mol. The molecule has 5 rings (SSSR count). The lowest BCUT2D eigenvalue weighted by molar-refractivity contribution is -0.0177. The quantitative estimate of drug-likeness (QED) is 0.189. The molecular weight excluding hydrogens is 618 g/mol. The Morgan fingerprint density at radius 1 is 1.04 bits per heavy atom. The van der Waals surface area contributed by atoms with Gasteiger partial charge in [0.25, 0.3) is 5.91 Å². The molecule has 4 aromatic rings. The number of nitrogens with one attached hydrogen (secondary N) is 2. The number of anilines is 2.